The summed E-state index contributed by atoms with van der Waals surface area (Å²) in [7, 11) is 0. The molecule has 0 spiro atoms. The number of aromatic nitrogens is 1. The largest absolute Gasteiger partial charge is 0.421 e. The second-order valence-electron chi connectivity index (χ2n) is 2.58. The number of halogens is 6. The van der Waals surface area contributed by atoms with E-state index in [0.717, 1.165) is 0 Å². The lowest BCUT2D eigenvalue weighted by atomic mass is 10.1. The van der Waals surface area contributed by atoms with E-state index in [0.29, 0.717) is 0 Å². The molecular formula is C7H3F6NO. The molecule has 1 aromatic heterocycles. The van der Waals surface area contributed by atoms with Gasteiger partial charge in [0.2, 0.25) is 5.95 Å². The highest BCUT2D eigenvalue weighted by molar-refractivity contribution is 5.28. The van der Waals surface area contributed by atoms with Gasteiger partial charge in [0.1, 0.15) is 5.56 Å². The van der Waals surface area contributed by atoms with Crippen molar-refractivity contribution in [3.8, 4) is 0 Å². The molecule has 1 rings (SSSR count). The summed E-state index contributed by atoms with van der Waals surface area (Å²) < 4.78 is 73.2. The van der Waals surface area contributed by atoms with E-state index in [-0.39, 0.29) is 6.07 Å². The number of pyridine rings is 1. The van der Waals surface area contributed by atoms with Gasteiger partial charge in [0.15, 0.2) is 0 Å². The van der Waals surface area contributed by atoms with Crippen molar-refractivity contribution in [1.82, 2.24) is 4.98 Å². The Hall–Kier alpha value is -1.47. The van der Waals surface area contributed by atoms with Crippen LogP contribution in [0.1, 0.15) is 17.6 Å². The number of H-pyrrole nitrogens is 1. The zero-order valence-electron chi connectivity index (χ0n) is 6.83. The summed E-state index contributed by atoms with van der Waals surface area (Å²) in [5.41, 5.74) is -5.16. The van der Waals surface area contributed by atoms with E-state index in [9.17, 15) is 31.1 Å². The summed E-state index contributed by atoms with van der Waals surface area (Å²) in [6.07, 6.45) is -8.85. The number of alkyl halides is 5. The van der Waals surface area contributed by atoms with Gasteiger partial charge in [-0.25, -0.2) is 8.78 Å². The molecule has 0 unspecified atom stereocenters. The van der Waals surface area contributed by atoms with Crippen LogP contribution in [0.4, 0.5) is 26.3 Å². The first-order valence-electron chi connectivity index (χ1n) is 3.51. The molecular weight excluding hydrogens is 228 g/mol. The van der Waals surface area contributed by atoms with Crippen LogP contribution in [0.15, 0.2) is 10.9 Å². The van der Waals surface area contributed by atoms with E-state index in [4.69, 9.17) is 0 Å². The number of hydrogen-bond acceptors (Lipinski definition) is 1. The Morgan fingerprint density at radius 1 is 1.27 bits per heavy atom. The quantitative estimate of drug-likeness (QED) is 0.584. The predicted molar refractivity (Wildman–Crippen MR) is 37.0 cm³/mol. The van der Waals surface area contributed by atoms with Crippen LogP contribution in [0.25, 0.3) is 0 Å². The van der Waals surface area contributed by atoms with Gasteiger partial charge in [-0.05, 0) is 0 Å². The molecule has 0 fully saturated rings. The van der Waals surface area contributed by atoms with Gasteiger partial charge in [0.05, 0.1) is 0 Å². The average molecular weight is 231 g/mol. The molecule has 0 amide bonds. The fourth-order valence-corrected chi connectivity index (χ4v) is 1.01. The molecule has 0 saturated heterocycles. The van der Waals surface area contributed by atoms with Crippen LogP contribution in [0.2, 0.25) is 0 Å². The van der Waals surface area contributed by atoms with Gasteiger partial charge >= 0.3 is 6.18 Å². The molecule has 0 radical (unpaired) electrons. The van der Waals surface area contributed by atoms with Gasteiger partial charge in [-0.2, -0.15) is 17.6 Å². The third-order valence-electron chi connectivity index (χ3n) is 1.55. The van der Waals surface area contributed by atoms with E-state index in [1.54, 1.807) is 0 Å². The maximum absolute atomic E-state index is 12.7. The van der Waals surface area contributed by atoms with Crippen molar-refractivity contribution in [2.45, 2.75) is 12.6 Å². The Morgan fingerprint density at radius 3 is 2.20 bits per heavy atom. The molecule has 0 aliphatic heterocycles. The van der Waals surface area contributed by atoms with Crippen LogP contribution in [-0.2, 0) is 6.18 Å². The molecule has 15 heavy (non-hydrogen) atoms. The first-order chi connectivity index (χ1) is 6.73. The topological polar surface area (TPSA) is 32.9 Å². The molecule has 0 bridgehead atoms. The van der Waals surface area contributed by atoms with Crippen molar-refractivity contribution in [3.63, 3.8) is 0 Å². The molecule has 0 aliphatic rings. The lowest BCUT2D eigenvalue weighted by molar-refractivity contribution is -0.142. The Bertz CT molecular complexity index is 420. The van der Waals surface area contributed by atoms with Gasteiger partial charge in [-0.1, -0.05) is 0 Å². The van der Waals surface area contributed by atoms with Crippen molar-refractivity contribution < 1.29 is 26.3 Å². The summed E-state index contributed by atoms with van der Waals surface area (Å²) in [4.78, 5) is 11.7. The highest BCUT2D eigenvalue weighted by Crippen LogP contribution is 2.36. The SMILES string of the molecule is O=c1cc(C(F)F)c(C(F)(F)F)c(F)[nH]1. The van der Waals surface area contributed by atoms with E-state index in [1.807, 2.05) is 0 Å². The first kappa shape index (κ1) is 11.6. The van der Waals surface area contributed by atoms with Gasteiger partial charge in [-0.3, -0.25) is 9.78 Å². The second kappa shape index (κ2) is 3.59. The fraction of sp³-hybridized carbons (Fsp3) is 0.286. The first-order valence-corrected chi connectivity index (χ1v) is 3.51. The lowest BCUT2D eigenvalue weighted by Gasteiger charge is -2.11. The Kier molecular flexibility index (Phi) is 2.78. The number of nitrogens with one attached hydrogen (secondary N) is 1. The molecule has 8 heteroatoms. The minimum atomic E-state index is -5.28. The van der Waals surface area contributed by atoms with Crippen LogP contribution in [0.3, 0.4) is 0 Å². The van der Waals surface area contributed by atoms with Crippen molar-refractivity contribution in [3.05, 3.63) is 33.5 Å². The Morgan fingerprint density at radius 2 is 1.80 bits per heavy atom. The van der Waals surface area contributed by atoms with Crippen molar-refractivity contribution in [1.29, 1.82) is 0 Å². The summed E-state index contributed by atoms with van der Waals surface area (Å²) in [5, 5.41) is 0. The zero-order valence-corrected chi connectivity index (χ0v) is 6.83. The minimum Gasteiger partial charge on any atom is -0.298 e. The zero-order chi connectivity index (χ0) is 11.8. The maximum atomic E-state index is 12.7. The number of rotatable bonds is 1. The van der Waals surface area contributed by atoms with Crippen LogP contribution >= 0.6 is 0 Å². The lowest BCUT2D eigenvalue weighted by Crippen LogP contribution is -2.19. The third-order valence-corrected chi connectivity index (χ3v) is 1.55. The Labute approximate surface area is 78.5 Å². The number of hydrogen-bond donors (Lipinski definition) is 1. The van der Waals surface area contributed by atoms with Gasteiger partial charge in [0.25, 0.3) is 12.0 Å². The fourth-order valence-electron chi connectivity index (χ4n) is 1.01. The molecule has 1 aromatic rings. The molecule has 1 heterocycles. The summed E-state index contributed by atoms with van der Waals surface area (Å²) in [5.74, 6) is -2.11. The minimum absolute atomic E-state index is 0.0244. The van der Waals surface area contributed by atoms with Crippen LogP contribution in [-0.4, -0.2) is 4.98 Å². The van der Waals surface area contributed by atoms with Gasteiger partial charge < -0.3 is 0 Å². The molecule has 0 saturated carbocycles. The van der Waals surface area contributed by atoms with Crippen LogP contribution in [0.5, 0.6) is 0 Å². The normalized spacial score (nSPS) is 12.2. The number of aromatic amines is 1. The van der Waals surface area contributed by atoms with Crippen molar-refractivity contribution in [2.75, 3.05) is 0 Å². The van der Waals surface area contributed by atoms with Crippen LogP contribution in [0, 0.1) is 5.95 Å². The van der Waals surface area contributed by atoms with E-state index < -0.39 is 35.2 Å². The highest BCUT2D eigenvalue weighted by atomic mass is 19.4. The van der Waals surface area contributed by atoms with E-state index in [2.05, 4.69) is 0 Å². The third kappa shape index (κ3) is 2.31. The standard InChI is InChI=1S/C7H3F6NO/c8-5(9)2-1-3(15)14-6(10)4(2)7(11,12)13/h1,5H,(H,14,15). The molecule has 2 nitrogen and oxygen atoms in total. The van der Waals surface area contributed by atoms with Crippen LogP contribution < -0.4 is 5.56 Å². The molecule has 0 atom stereocenters. The van der Waals surface area contributed by atoms with Gasteiger partial charge in [0, 0.05) is 11.6 Å². The average Bonchev–Trinajstić information content (AvgIpc) is 1.99. The monoisotopic (exact) mass is 231 g/mol. The van der Waals surface area contributed by atoms with Crippen molar-refractivity contribution >= 4 is 0 Å². The van der Waals surface area contributed by atoms with E-state index >= 15 is 0 Å². The summed E-state index contributed by atoms with van der Waals surface area (Å²) in [6.45, 7) is 0. The van der Waals surface area contributed by atoms with Gasteiger partial charge in [-0.15, -0.1) is 0 Å². The summed E-state index contributed by atoms with van der Waals surface area (Å²) in [6, 6.07) is 0.0244. The second-order valence-corrected chi connectivity index (χ2v) is 2.58. The molecule has 84 valence electrons. The Balaban J connectivity index is 3.55. The molecule has 0 aromatic carbocycles. The van der Waals surface area contributed by atoms with E-state index in [1.165, 1.54) is 4.98 Å². The predicted octanol–water partition coefficient (Wildman–Crippen LogP) is 2.47. The molecule has 1 N–H and O–H groups in total. The smallest absolute Gasteiger partial charge is 0.298 e. The molecule has 0 aliphatic carbocycles. The highest BCUT2D eigenvalue weighted by Gasteiger charge is 2.39. The maximum Gasteiger partial charge on any atom is 0.421 e. The summed E-state index contributed by atoms with van der Waals surface area (Å²) >= 11 is 0. The van der Waals surface area contributed by atoms with Crippen molar-refractivity contribution in [2.24, 2.45) is 0 Å².